The molecule has 0 aliphatic rings. The number of aliphatic hydroxyl groups excluding tert-OH is 2. The molecule has 3 amide bonds. The van der Waals surface area contributed by atoms with Crippen LogP contribution >= 0.6 is 11.8 Å². The van der Waals surface area contributed by atoms with Crippen molar-refractivity contribution < 1.29 is 34.5 Å². The second-order valence-electron chi connectivity index (χ2n) is 6.93. The number of carbonyl (C=O) groups excluding carboxylic acids is 3. The highest BCUT2D eigenvalue weighted by atomic mass is 32.2. The van der Waals surface area contributed by atoms with E-state index in [-0.39, 0.29) is 0 Å². The van der Waals surface area contributed by atoms with Gasteiger partial charge in [0.15, 0.2) is 0 Å². The number of carboxylic acid groups (broad SMARTS) is 1. The maximum absolute atomic E-state index is 12.4. The fraction of sp³-hybridized carbons (Fsp3) is 0.765. The Kier molecular flexibility index (Phi) is 12.5. The van der Waals surface area contributed by atoms with Gasteiger partial charge in [-0.1, -0.05) is 13.8 Å². The van der Waals surface area contributed by atoms with Crippen molar-refractivity contribution in [3.63, 3.8) is 0 Å². The molecule has 0 aliphatic heterocycles. The highest BCUT2D eigenvalue weighted by molar-refractivity contribution is 7.98. The first kappa shape index (κ1) is 27.1. The van der Waals surface area contributed by atoms with Gasteiger partial charge in [0.2, 0.25) is 17.7 Å². The van der Waals surface area contributed by atoms with Gasteiger partial charge in [0.25, 0.3) is 0 Å². The lowest BCUT2D eigenvalue weighted by Crippen LogP contribution is -2.60. The second-order valence-corrected chi connectivity index (χ2v) is 7.91. The number of hydrogen-bond donors (Lipinski definition) is 7. The summed E-state index contributed by atoms with van der Waals surface area (Å²) in [5.74, 6) is -3.53. The number of hydrogen-bond acceptors (Lipinski definition) is 8. The van der Waals surface area contributed by atoms with Gasteiger partial charge in [-0.15, -0.1) is 0 Å². The Labute approximate surface area is 174 Å². The van der Waals surface area contributed by atoms with E-state index in [1.165, 1.54) is 18.7 Å². The van der Waals surface area contributed by atoms with Gasteiger partial charge >= 0.3 is 5.97 Å². The standard InChI is InChI=1S/C17H32N4O7S/c1-8(2)12(17(27)28)20-15(25)11(7-22)19-16(26)13(9(3)23)21-14(24)10(18)5-6-29-4/h8-13,22-23H,5-7,18H2,1-4H3,(H,19,26)(H,20,25)(H,21,24)(H,27,28). The molecule has 0 spiro atoms. The lowest BCUT2D eigenvalue weighted by Gasteiger charge is -2.26. The molecule has 0 aliphatic carbocycles. The highest BCUT2D eigenvalue weighted by Crippen LogP contribution is 2.04. The van der Waals surface area contributed by atoms with Gasteiger partial charge in [0, 0.05) is 0 Å². The molecule has 168 valence electrons. The molecule has 29 heavy (non-hydrogen) atoms. The van der Waals surface area contributed by atoms with Crippen molar-refractivity contribution in [2.24, 2.45) is 11.7 Å². The average Bonchev–Trinajstić information content (AvgIpc) is 2.64. The van der Waals surface area contributed by atoms with E-state index < -0.39 is 66.5 Å². The fourth-order valence-corrected chi connectivity index (χ4v) is 2.75. The van der Waals surface area contributed by atoms with Crippen molar-refractivity contribution in [2.75, 3.05) is 18.6 Å². The minimum absolute atomic E-state index is 0.370. The van der Waals surface area contributed by atoms with Crippen LogP contribution in [0.1, 0.15) is 27.2 Å². The molecular weight excluding hydrogens is 404 g/mol. The van der Waals surface area contributed by atoms with Crippen LogP contribution in [-0.4, -0.2) is 87.9 Å². The third-order valence-electron chi connectivity index (χ3n) is 4.08. The molecule has 11 nitrogen and oxygen atoms in total. The number of carbonyl (C=O) groups is 4. The molecule has 0 rings (SSSR count). The monoisotopic (exact) mass is 436 g/mol. The molecular formula is C17H32N4O7S. The summed E-state index contributed by atoms with van der Waals surface area (Å²) in [6.45, 7) is 3.64. The van der Waals surface area contributed by atoms with Gasteiger partial charge in [-0.05, 0) is 31.3 Å². The molecule has 0 aromatic rings. The summed E-state index contributed by atoms with van der Waals surface area (Å²) in [7, 11) is 0. The number of aliphatic hydroxyl groups is 2. The summed E-state index contributed by atoms with van der Waals surface area (Å²) in [4.78, 5) is 48.0. The Bertz CT molecular complexity index is 574. The Morgan fingerprint density at radius 1 is 0.966 bits per heavy atom. The molecule has 12 heteroatoms. The van der Waals surface area contributed by atoms with Gasteiger partial charge in [-0.2, -0.15) is 11.8 Å². The maximum Gasteiger partial charge on any atom is 0.326 e. The lowest BCUT2D eigenvalue weighted by molar-refractivity contribution is -0.144. The number of amides is 3. The largest absolute Gasteiger partial charge is 0.480 e. The molecule has 0 aromatic heterocycles. The third kappa shape index (κ3) is 9.43. The predicted octanol–water partition coefficient (Wildman–Crippen LogP) is -2.37. The van der Waals surface area contributed by atoms with E-state index in [4.69, 9.17) is 10.8 Å². The van der Waals surface area contributed by atoms with E-state index in [1.54, 1.807) is 13.8 Å². The molecule has 5 atom stereocenters. The topological polar surface area (TPSA) is 191 Å². The van der Waals surface area contributed by atoms with Crippen molar-refractivity contribution in [3.05, 3.63) is 0 Å². The van der Waals surface area contributed by atoms with Crippen LogP contribution in [-0.2, 0) is 19.2 Å². The molecule has 5 unspecified atom stereocenters. The van der Waals surface area contributed by atoms with Crippen LogP contribution < -0.4 is 21.7 Å². The third-order valence-corrected chi connectivity index (χ3v) is 4.72. The zero-order valence-corrected chi connectivity index (χ0v) is 17.9. The van der Waals surface area contributed by atoms with Crippen molar-refractivity contribution in [2.45, 2.75) is 57.5 Å². The summed E-state index contributed by atoms with van der Waals surface area (Å²) in [5.41, 5.74) is 5.74. The highest BCUT2D eigenvalue weighted by Gasteiger charge is 2.32. The number of carboxylic acids is 1. The Morgan fingerprint density at radius 3 is 1.93 bits per heavy atom. The van der Waals surface area contributed by atoms with Gasteiger partial charge < -0.3 is 37.0 Å². The van der Waals surface area contributed by atoms with Gasteiger partial charge in [-0.25, -0.2) is 4.79 Å². The minimum atomic E-state index is -1.47. The second kappa shape index (κ2) is 13.4. The molecule has 0 saturated carbocycles. The first-order valence-corrected chi connectivity index (χ1v) is 10.5. The van der Waals surface area contributed by atoms with Gasteiger partial charge in [-0.3, -0.25) is 14.4 Å². The van der Waals surface area contributed by atoms with Crippen LogP contribution in [0.5, 0.6) is 0 Å². The molecule has 0 fully saturated rings. The van der Waals surface area contributed by atoms with Crippen molar-refractivity contribution >= 4 is 35.5 Å². The summed E-state index contributed by atoms with van der Waals surface area (Å²) in [6.07, 6.45) is 0.913. The zero-order chi connectivity index (χ0) is 22.7. The normalized spacial score (nSPS) is 16.3. The number of rotatable bonds is 13. The molecule has 8 N–H and O–H groups in total. The van der Waals surface area contributed by atoms with Crippen molar-refractivity contribution in [3.8, 4) is 0 Å². The first-order chi connectivity index (χ1) is 13.5. The molecule has 0 radical (unpaired) electrons. The van der Waals surface area contributed by atoms with E-state index >= 15 is 0 Å². The molecule has 0 bridgehead atoms. The van der Waals surface area contributed by atoms with Crippen LogP contribution in [0, 0.1) is 5.92 Å². The van der Waals surface area contributed by atoms with Crippen LogP contribution in [0.3, 0.4) is 0 Å². The fourth-order valence-electron chi connectivity index (χ4n) is 2.26. The number of aliphatic carboxylic acids is 1. The Hall–Kier alpha value is -1.89. The van der Waals surface area contributed by atoms with Crippen LogP contribution in [0.4, 0.5) is 0 Å². The first-order valence-electron chi connectivity index (χ1n) is 9.13. The SMILES string of the molecule is CSCCC(N)C(=O)NC(C(=O)NC(CO)C(=O)NC(C(=O)O)C(C)C)C(C)O. The van der Waals surface area contributed by atoms with E-state index in [2.05, 4.69) is 16.0 Å². The molecule has 0 heterocycles. The van der Waals surface area contributed by atoms with Gasteiger partial charge in [0.05, 0.1) is 18.8 Å². The predicted molar refractivity (Wildman–Crippen MR) is 108 cm³/mol. The quantitative estimate of drug-likeness (QED) is 0.165. The average molecular weight is 437 g/mol. The van der Waals surface area contributed by atoms with Gasteiger partial charge in [0.1, 0.15) is 18.1 Å². The van der Waals surface area contributed by atoms with E-state index in [9.17, 15) is 29.4 Å². The van der Waals surface area contributed by atoms with E-state index in [1.807, 2.05) is 6.26 Å². The molecule has 0 saturated heterocycles. The molecule has 0 aromatic carbocycles. The maximum atomic E-state index is 12.4. The summed E-state index contributed by atoms with van der Waals surface area (Å²) < 4.78 is 0. The Morgan fingerprint density at radius 2 is 1.52 bits per heavy atom. The lowest BCUT2D eigenvalue weighted by atomic mass is 10.0. The summed E-state index contributed by atoms with van der Waals surface area (Å²) in [5, 5.41) is 35.2. The van der Waals surface area contributed by atoms with Crippen molar-refractivity contribution in [1.82, 2.24) is 16.0 Å². The van der Waals surface area contributed by atoms with Crippen LogP contribution in [0.15, 0.2) is 0 Å². The van der Waals surface area contributed by atoms with E-state index in [0.29, 0.717) is 12.2 Å². The Balaban J connectivity index is 5.10. The van der Waals surface area contributed by atoms with E-state index in [0.717, 1.165) is 0 Å². The summed E-state index contributed by atoms with van der Waals surface area (Å²) in [6, 6.07) is -4.97. The summed E-state index contributed by atoms with van der Waals surface area (Å²) >= 11 is 1.50. The number of nitrogens with one attached hydrogen (secondary N) is 3. The number of thioether (sulfide) groups is 1. The smallest absolute Gasteiger partial charge is 0.326 e. The van der Waals surface area contributed by atoms with Crippen LogP contribution in [0.25, 0.3) is 0 Å². The number of nitrogens with two attached hydrogens (primary N) is 1. The van der Waals surface area contributed by atoms with Crippen LogP contribution in [0.2, 0.25) is 0 Å². The van der Waals surface area contributed by atoms with Crippen molar-refractivity contribution in [1.29, 1.82) is 0 Å². The minimum Gasteiger partial charge on any atom is -0.480 e. The zero-order valence-electron chi connectivity index (χ0n) is 17.0.